The lowest BCUT2D eigenvalue weighted by Gasteiger charge is -2.25. The molecule has 2 aromatic rings. The lowest BCUT2D eigenvalue weighted by atomic mass is 9.80. The fraction of sp³-hybridized carbons (Fsp3) is 0.294. The molecule has 6 heteroatoms. The number of hydrogen-bond donors (Lipinski definition) is 3. The summed E-state index contributed by atoms with van der Waals surface area (Å²) in [6.45, 7) is 2.01. The molecule has 0 aliphatic rings. The van der Waals surface area contributed by atoms with Gasteiger partial charge in [0.25, 0.3) is 0 Å². The van der Waals surface area contributed by atoms with Gasteiger partial charge in [0.2, 0.25) is 0 Å². The molecule has 4 N–H and O–H groups in total. The first-order chi connectivity index (χ1) is 11.1. The molecule has 122 valence electrons. The molecular formula is C17H21N3O3. The van der Waals surface area contributed by atoms with Gasteiger partial charge in [-0.3, -0.25) is 4.79 Å². The van der Waals surface area contributed by atoms with Crippen molar-refractivity contribution in [1.82, 2.24) is 9.97 Å². The van der Waals surface area contributed by atoms with Crippen LogP contribution in [0.4, 0.5) is 0 Å². The van der Waals surface area contributed by atoms with Crippen LogP contribution in [0.25, 0.3) is 0 Å². The number of hydrogen-bond acceptors (Lipinski definition) is 4. The van der Waals surface area contributed by atoms with E-state index in [0.717, 1.165) is 11.4 Å². The lowest BCUT2D eigenvalue weighted by molar-refractivity contribution is -0.137. The van der Waals surface area contributed by atoms with Gasteiger partial charge in [0.1, 0.15) is 11.6 Å². The molecule has 0 bridgehead atoms. The highest BCUT2D eigenvalue weighted by Crippen LogP contribution is 2.33. The maximum Gasteiger partial charge on any atom is 0.303 e. The number of nitrogens with one attached hydrogen (secondary N) is 1. The van der Waals surface area contributed by atoms with Crippen molar-refractivity contribution in [3.63, 3.8) is 0 Å². The first kappa shape index (κ1) is 16.8. The smallest absolute Gasteiger partial charge is 0.303 e. The van der Waals surface area contributed by atoms with Gasteiger partial charge in [-0.1, -0.05) is 30.3 Å². The zero-order chi connectivity index (χ0) is 16.7. The van der Waals surface area contributed by atoms with Gasteiger partial charge < -0.3 is 14.9 Å². The molecule has 23 heavy (non-hydrogen) atoms. The Morgan fingerprint density at radius 2 is 2.13 bits per heavy atom. The van der Waals surface area contributed by atoms with E-state index in [-0.39, 0.29) is 6.42 Å². The Balaban J connectivity index is 2.34. The van der Waals surface area contributed by atoms with Crippen molar-refractivity contribution in [2.45, 2.75) is 31.6 Å². The second kappa shape index (κ2) is 7.60. The number of nitrogens with two attached hydrogens (primary N) is 1. The molecule has 0 saturated heterocycles. The third-order valence-corrected chi connectivity index (χ3v) is 3.78. The number of rotatable bonds is 8. The Morgan fingerprint density at radius 1 is 1.39 bits per heavy atom. The number of carbonyl (C=O) groups is 1. The van der Waals surface area contributed by atoms with Crippen LogP contribution in [-0.4, -0.2) is 21.0 Å². The first-order valence-corrected chi connectivity index (χ1v) is 7.42. The van der Waals surface area contributed by atoms with E-state index in [1.807, 2.05) is 43.3 Å². The molecule has 2 rings (SSSR count). The highest BCUT2D eigenvalue weighted by atomic mass is 16.6. The van der Waals surface area contributed by atoms with Crippen LogP contribution in [0.2, 0.25) is 0 Å². The summed E-state index contributed by atoms with van der Waals surface area (Å²) in [6, 6.07) is 9.87. The van der Waals surface area contributed by atoms with Crippen LogP contribution in [0.5, 0.6) is 0 Å². The molecule has 0 amide bonds. The summed E-state index contributed by atoms with van der Waals surface area (Å²) in [5, 5.41) is 8.75. The van der Waals surface area contributed by atoms with E-state index in [4.69, 9.17) is 15.8 Å². The van der Waals surface area contributed by atoms with Crippen LogP contribution in [-0.2, 0) is 15.0 Å². The van der Waals surface area contributed by atoms with Gasteiger partial charge in [-0.05, 0) is 25.0 Å². The molecule has 1 heterocycles. The van der Waals surface area contributed by atoms with Crippen LogP contribution >= 0.6 is 0 Å². The first-order valence-electron chi connectivity index (χ1n) is 7.42. The largest absolute Gasteiger partial charge is 0.481 e. The second-order valence-corrected chi connectivity index (χ2v) is 5.48. The molecule has 6 nitrogen and oxygen atoms in total. The predicted molar refractivity (Wildman–Crippen MR) is 86.3 cm³/mol. The monoisotopic (exact) mass is 315 g/mol. The fourth-order valence-corrected chi connectivity index (χ4v) is 2.52. The van der Waals surface area contributed by atoms with Crippen molar-refractivity contribution in [2.75, 3.05) is 0 Å². The maximum absolute atomic E-state index is 10.7. The van der Waals surface area contributed by atoms with Crippen LogP contribution < -0.4 is 5.90 Å². The molecule has 0 saturated carbocycles. The zero-order valence-corrected chi connectivity index (χ0v) is 13.0. The Hall–Kier alpha value is -2.60. The third kappa shape index (κ3) is 4.20. The van der Waals surface area contributed by atoms with Crippen molar-refractivity contribution < 1.29 is 14.7 Å². The van der Waals surface area contributed by atoms with E-state index in [2.05, 4.69) is 9.97 Å². The number of allylic oxidation sites excluding steroid dienone is 2. The molecule has 0 spiro atoms. The summed E-state index contributed by atoms with van der Waals surface area (Å²) >= 11 is 0. The number of nitrogens with zero attached hydrogens (tertiary/aromatic N) is 1. The average Bonchev–Trinajstić information content (AvgIpc) is 3.09. The molecule has 0 aliphatic carbocycles. The number of aromatic amines is 1. The van der Waals surface area contributed by atoms with E-state index in [1.165, 1.54) is 0 Å². The van der Waals surface area contributed by atoms with Crippen molar-refractivity contribution in [3.8, 4) is 0 Å². The number of carboxylic acid groups (broad SMARTS) is 1. The lowest BCUT2D eigenvalue weighted by Crippen LogP contribution is -2.24. The molecule has 1 unspecified atom stereocenters. The SMILES string of the molecule is CC(C=C(CCCC(=O)O)ON)(c1ccccc1)c1ncc[nH]1. The number of aliphatic carboxylic acids is 1. The topological polar surface area (TPSA) is 101 Å². The van der Waals surface area contributed by atoms with Crippen molar-refractivity contribution >= 4 is 5.97 Å². The highest BCUT2D eigenvalue weighted by molar-refractivity contribution is 5.66. The molecule has 1 aromatic heterocycles. The van der Waals surface area contributed by atoms with Crippen molar-refractivity contribution in [3.05, 3.63) is 65.9 Å². The molecule has 1 aromatic carbocycles. The molecule has 0 radical (unpaired) electrons. The van der Waals surface area contributed by atoms with Crippen LogP contribution in [0.1, 0.15) is 37.6 Å². The summed E-state index contributed by atoms with van der Waals surface area (Å²) < 4.78 is 0. The Morgan fingerprint density at radius 3 is 2.70 bits per heavy atom. The number of carboxylic acids is 1. The normalized spacial score (nSPS) is 14.3. The van der Waals surface area contributed by atoms with Gasteiger partial charge in [-0.2, -0.15) is 5.90 Å². The van der Waals surface area contributed by atoms with Gasteiger partial charge in [0.15, 0.2) is 0 Å². The predicted octanol–water partition coefficient (Wildman–Crippen LogP) is 2.74. The number of imidazole rings is 1. The minimum atomic E-state index is -0.835. The minimum absolute atomic E-state index is 0.0729. The third-order valence-electron chi connectivity index (χ3n) is 3.78. The Kier molecular flexibility index (Phi) is 5.54. The summed E-state index contributed by atoms with van der Waals surface area (Å²) in [4.78, 5) is 23.1. The highest BCUT2D eigenvalue weighted by Gasteiger charge is 2.30. The van der Waals surface area contributed by atoms with Crippen LogP contribution in [0.15, 0.2) is 54.6 Å². The quantitative estimate of drug-likeness (QED) is 0.513. The minimum Gasteiger partial charge on any atom is -0.481 e. The average molecular weight is 315 g/mol. The Labute approximate surface area is 135 Å². The summed E-state index contributed by atoms with van der Waals surface area (Å²) in [5.41, 5.74) is 0.477. The molecule has 0 fully saturated rings. The van der Waals surface area contributed by atoms with Crippen LogP contribution in [0.3, 0.4) is 0 Å². The summed E-state index contributed by atoms with van der Waals surface area (Å²) in [5.74, 6) is 5.84. The van der Waals surface area contributed by atoms with E-state index in [9.17, 15) is 4.79 Å². The molecule has 1 atom stereocenters. The maximum atomic E-state index is 10.7. The van der Waals surface area contributed by atoms with E-state index >= 15 is 0 Å². The summed E-state index contributed by atoms with van der Waals surface area (Å²) in [6.07, 6.45) is 6.33. The fourth-order valence-electron chi connectivity index (χ4n) is 2.52. The van der Waals surface area contributed by atoms with Gasteiger partial charge in [0, 0.05) is 25.2 Å². The van der Waals surface area contributed by atoms with E-state index in [0.29, 0.717) is 18.6 Å². The molecule has 0 aliphatic heterocycles. The van der Waals surface area contributed by atoms with E-state index < -0.39 is 11.4 Å². The Bertz CT molecular complexity index is 653. The second-order valence-electron chi connectivity index (χ2n) is 5.48. The number of aromatic nitrogens is 2. The van der Waals surface area contributed by atoms with Crippen LogP contribution in [0, 0.1) is 0 Å². The summed E-state index contributed by atoms with van der Waals surface area (Å²) in [7, 11) is 0. The van der Waals surface area contributed by atoms with E-state index in [1.54, 1.807) is 12.4 Å². The van der Waals surface area contributed by atoms with Crippen molar-refractivity contribution in [1.29, 1.82) is 0 Å². The van der Waals surface area contributed by atoms with Gasteiger partial charge in [0.05, 0.1) is 5.41 Å². The van der Waals surface area contributed by atoms with Crippen molar-refractivity contribution in [2.24, 2.45) is 5.90 Å². The standard InChI is InChI=1S/C17H21N3O3/c1-17(16-19-10-11-20-16,13-6-3-2-4-7-13)12-14(23-18)8-5-9-15(21)22/h2-4,6-7,10-12H,5,8-9,18H2,1H3,(H,19,20)(H,21,22). The van der Waals surface area contributed by atoms with Gasteiger partial charge in [-0.25, -0.2) is 4.98 Å². The van der Waals surface area contributed by atoms with Gasteiger partial charge in [-0.15, -0.1) is 0 Å². The van der Waals surface area contributed by atoms with Gasteiger partial charge >= 0.3 is 5.97 Å². The number of H-pyrrole nitrogens is 1. The molecular weight excluding hydrogens is 294 g/mol. The zero-order valence-electron chi connectivity index (χ0n) is 13.0. The number of benzene rings is 1.